The zero-order valence-corrected chi connectivity index (χ0v) is 15.6. The Morgan fingerprint density at radius 3 is 2.08 bits per heavy atom. The molecule has 0 amide bonds. The van der Waals surface area contributed by atoms with Gasteiger partial charge in [-0.1, -0.05) is 64.5 Å². The average molecular weight is 406 g/mol. The summed E-state index contributed by atoms with van der Waals surface area (Å²) in [6.07, 6.45) is 0. The van der Waals surface area contributed by atoms with Crippen LogP contribution in [-0.4, -0.2) is 37.0 Å². The van der Waals surface area contributed by atoms with Gasteiger partial charge < -0.3 is 9.47 Å². The second-order valence-corrected chi connectivity index (χ2v) is 6.43. The van der Waals surface area contributed by atoms with Crippen LogP contribution in [0.2, 0.25) is 0 Å². The van der Waals surface area contributed by atoms with E-state index < -0.39 is 5.97 Å². The first kappa shape index (κ1) is 19.1. The lowest BCUT2D eigenvalue weighted by molar-refractivity contribution is -0.149. The maximum atomic E-state index is 11.9. The summed E-state index contributed by atoms with van der Waals surface area (Å²) in [6, 6.07) is 17.0. The molecule has 132 valence electrons. The van der Waals surface area contributed by atoms with Gasteiger partial charge in [0.05, 0.1) is 13.1 Å². The highest BCUT2D eigenvalue weighted by atomic mass is 79.9. The number of likely N-dealkylation sites (N-methyl/N-ethyl adjacent to an activating group) is 1. The lowest BCUT2D eigenvalue weighted by Gasteiger charge is -2.15. The molecule has 0 aliphatic rings. The van der Waals surface area contributed by atoms with E-state index in [2.05, 4.69) is 15.9 Å². The van der Waals surface area contributed by atoms with E-state index in [1.165, 1.54) is 0 Å². The lowest BCUT2D eigenvalue weighted by Crippen LogP contribution is -2.32. The number of nitrogens with zero attached hydrogens (tertiary/aromatic N) is 1. The van der Waals surface area contributed by atoms with Crippen molar-refractivity contribution in [3.8, 4) is 0 Å². The third kappa shape index (κ3) is 7.07. The van der Waals surface area contributed by atoms with Crippen LogP contribution in [0.25, 0.3) is 0 Å². The summed E-state index contributed by atoms with van der Waals surface area (Å²) in [4.78, 5) is 25.2. The quantitative estimate of drug-likeness (QED) is 0.631. The summed E-state index contributed by atoms with van der Waals surface area (Å²) in [5, 5.41) is 0. The van der Waals surface area contributed by atoms with Crippen molar-refractivity contribution in [3.05, 3.63) is 70.2 Å². The fraction of sp³-hybridized carbons (Fsp3) is 0.263. The number of hydrogen-bond acceptors (Lipinski definition) is 5. The highest BCUT2D eigenvalue weighted by molar-refractivity contribution is 9.10. The Bertz CT molecular complexity index is 706. The molecule has 0 aliphatic carbocycles. The number of hydrogen-bond donors (Lipinski definition) is 0. The van der Waals surface area contributed by atoms with Crippen LogP contribution in [0.1, 0.15) is 11.1 Å². The topological polar surface area (TPSA) is 55.8 Å². The molecule has 2 rings (SSSR count). The van der Waals surface area contributed by atoms with Crippen molar-refractivity contribution in [2.24, 2.45) is 0 Å². The minimum Gasteiger partial charge on any atom is -0.460 e. The molecule has 6 heteroatoms. The van der Waals surface area contributed by atoms with Crippen LogP contribution < -0.4 is 0 Å². The maximum absolute atomic E-state index is 11.9. The van der Waals surface area contributed by atoms with Crippen LogP contribution in [-0.2, 0) is 32.3 Å². The zero-order chi connectivity index (χ0) is 18.1. The van der Waals surface area contributed by atoms with Crippen LogP contribution in [0, 0.1) is 0 Å². The maximum Gasteiger partial charge on any atom is 0.320 e. The van der Waals surface area contributed by atoms with Crippen molar-refractivity contribution in [2.75, 3.05) is 20.1 Å². The fourth-order valence-electron chi connectivity index (χ4n) is 2.10. The van der Waals surface area contributed by atoms with E-state index >= 15 is 0 Å². The monoisotopic (exact) mass is 405 g/mol. The van der Waals surface area contributed by atoms with Gasteiger partial charge in [0.2, 0.25) is 0 Å². The number of halogens is 1. The second kappa shape index (κ2) is 9.96. The molecule has 0 fully saturated rings. The first-order chi connectivity index (χ1) is 12.0. The van der Waals surface area contributed by atoms with Crippen molar-refractivity contribution >= 4 is 27.9 Å². The summed E-state index contributed by atoms with van der Waals surface area (Å²) in [5.74, 6) is -0.779. The van der Waals surface area contributed by atoms with Gasteiger partial charge in [-0.05, 0) is 18.7 Å². The zero-order valence-electron chi connectivity index (χ0n) is 14.0. The molecule has 25 heavy (non-hydrogen) atoms. The predicted molar refractivity (Wildman–Crippen MR) is 97.7 cm³/mol. The SMILES string of the molecule is CN(CC(=O)OCc1ccccc1)CC(=O)OCc1ccccc1Br. The van der Waals surface area contributed by atoms with Gasteiger partial charge >= 0.3 is 11.9 Å². The van der Waals surface area contributed by atoms with E-state index in [0.29, 0.717) is 0 Å². The number of rotatable bonds is 8. The molecule has 5 nitrogen and oxygen atoms in total. The van der Waals surface area contributed by atoms with E-state index in [9.17, 15) is 9.59 Å². The molecule has 0 aliphatic heterocycles. The first-order valence-corrected chi connectivity index (χ1v) is 8.61. The standard InChI is InChI=1S/C19H20BrNO4/c1-21(11-18(22)24-13-15-7-3-2-4-8-15)12-19(23)25-14-16-9-5-6-10-17(16)20/h2-10H,11-14H2,1H3. The molecular weight excluding hydrogens is 386 g/mol. The van der Waals surface area contributed by atoms with Crippen LogP contribution in [0.15, 0.2) is 59.1 Å². The number of ether oxygens (including phenoxy) is 2. The molecule has 0 radical (unpaired) electrons. The van der Waals surface area contributed by atoms with Gasteiger partial charge in [-0.3, -0.25) is 14.5 Å². The molecule has 0 bridgehead atoms. The van der Waals surface area contributed by atoms with Crippen LogP contribution in [0.5, 0.6) is 0 Å². The molecule has 0 saturated heterocycles. The Kier molecular flexibility index (Phi) is 7.63. The molecule has 2 aromatic carbocycles. The van der Waals surface area contributed by atoms with Crippen molar-refractivity contribution in [3.63, 3.8) is 0 Å². The van der Waals surface area contributed by atoms with Gasteiger partial charge in [0.1, 0.15) is 13.2 Å². The second-order valence-electron chi connectivity index (χ2n) is 5.57. The Hall–Kier alpha value is -2.18. The van der Waals surface area contributed by atoms with Crippen molar-refractivity contribution < 1.29 is 19.1 Å². The van der Waals surface area contributed by atoms with Crippen LogP contribution in [0.4, 0.5) is 0 Å². The molecule has 0 atom stereocenters. The largest absolute Gasteiger partial charge is 0.460 e. The fourth-order valence-corrected chi connectivity index (χ4v) is 2.50. The van der Waals surface area contributed by atoms with E-state index in [4.69, 9.17) is 9.47 Å². The normalized spacial score (nSPS) is 10.5. The van der Waals surface area contributed by atoms with Crippen LogP contribution in [0.3, 0.4) is 0 Å². The number of esters is 2. The Morgan fingerprint density at radius 2 is 1.44 bits per heavy atom. The first-order valence-electron chi connectivity index (χ1n) is 7.81. The molecule has 0 aromatic heterocycles. The highest BCUT2D eigenvalue weighted by Gasteiger charge is 2.13. The summed E-state index contributed by atoms with van der Waals surface area (Å²) >= 11 is 3.40. The third-order valence-corrected chi connectivity index (χ3v) is 4.16. The van der Waals surface area contributed by atoms with E-state index in [1.54, 1.807) is 11.9 Å². The minimum atomic E-state index is -0.394. The average Bonchev–Trinajstić information content (AvgIpc) is 2.60. The van der Waals surface area contributed by atoms with Gasteiger partial charge in [-0.25, -0.2) is 0 Å². The Morgan fingerprint density at radius 1 is 0.880 bits per heavy atom. The van der Waals surface area contributed by atoms with Crippen molar-refractivity contribution in [2.45, 2.75) is 13.2 Å². The molecule has 2 aromatic rings. The van der Waals surface area contributed by atoms with E-state index in [-0.39, 0.29) is 32.3 Å². The predicted octanol–water partition coefficient (Wildman–Crippen LogP) is 3.17. The molecule has 0 unspecified atom stereocenters. The summed E-state index contributed by atoms with van der Waals surface area (Å²) in [7, 11) is 1.67. The molecular formula is C19H20BrNO4. The number of carbonyl (C=O) groups excluding carboxylic acids is 2. The molecule has 0 heterocycles. The van der Waals surface area contributed by atoms with Gasteiger partial charge in [0.25, 0.3) is 0 Å². The third-order valence-electron chi connectivity index (χ3n) is 3.39. The molecule has 0 saturated carbocycles. The van der Waals surface area contributed by atoms with E-state index in [0.717, 1.165) is 15.6 Å². The highest BCUT2D eigenvalue weighted by Crippen LogP contribution is 2.16. The van der Waals surface area contributed by atoms with E-state index in [1.807, 2.05) is 54.6 Å². The van der Waals surface area contributed by atoms with Gasteiger partial charge in [-0.15, -0.1) is 0 Å². The number of carbonyl (C=O) groups is 2. The van der Waals surface area contributed by atoms with Gasteiger partial charge in [0.15, 0.2) is 0 Å². The molecule has 0 spiro atoms. The van der Waals surface area contributed by atoms with Gasteiger partial charge in [-0.2, -0.15) is 0 Å². The smallest absolute Gasteiger partial charge is 0.320 e. The Labute approximate surface area is 155 Å². The summed E-state index contributed by atoms with van der Waals surface area (Å²) in [6.45, 7) is 0.453. The summed E-state index contributed by atoms with van der Waals surface area (Å²) < 4.78 is 11.3. The Balaban J connectivity index is 1.68. The summed E-state index contributed by atoms with van der Waals surface area (Å²) in [5.41, 5.74) is 1.81. The number of benzene rings is 2. The lowest BCUT2D eigenvalue weighted by atomic mass is 10.2. The van der Waals surface area contributed by atoms with Crippen LogP contribution >= 0.6 is 15.9 Å². The van der Waals surface area contributed by atoms with Crippen molar-refractivity contribution in [1.29, 1.82) is 0 Å². The molecule has 0 N–H and O–H groups in total. The van der Waals surface area contributed by atoms with Crippen molar-refractivity contribution in [1.82, 2.24) is 4.90 Å². The van der Waals surface area contributed by atoms with Gasteiger partial charge in [0, 0.05) is 10.0 Å². The minimum absolute atomic E-state index is 0.0187.